The van der Waals surface area contributed by atoms with Gasteiger partial charge >= 0.3 is 0 Å². The van der Waals surface area contributed by atoms with E-state index in [1.807, 2.05) is 24.3 Å². The van der Waals surface area contributed by atoms with E-state index >= 15 is 0 Å². The predicted molar refractivity (Wildman–Crippen MR) is 57.7 cm³/mol. The van der Waals surface area contributed by atoms with E-state index in [-0.39, 0.29) is 0 Å². The second kappa shape index (κ2) is 3.79. The fourth-order valence-electron chi connectivity index (χ4n) is 1.20. The number of anilines is 1. The van der Waals surface area contributed by atoms with Gasteiger partial charge in [0.1, 0.15) is 6.33 Å². The lowest BCUT2D eigenvalue weighted by Crippen LogP contribution is -2.06. The van der Waals surface area contributed by atoms with Crippen molar-refractivity contribution in [3.63, 3.8) is 0 Å². The second-order valence-electron chi connectivity index (χ2n) is 2.91. The summed E-state index contributed by atoms with van der Waals surface area (Å²) < 4.78 is 2.70. The number of aromatic nitrogens is 3. The Balaban J connectivity index is 2.23. The fraction of sp³-hybridized carbons (Fsp3) is 0.111. The molecule has 0 unspecified atom stereocenters. The molecule has 0 aliphatic carbocycles. The summed E-state index contributed by atoms with van der Waals surface area (Å²) >= 11 is 3.41. The molecule has 2 rings (SSSR count). The third kappa shape index (κ3) is 1.93. The molecule has 0 aliphatic heterocycles. The van der Waals surface area contributed by atoms with Gasteiger partial charge in [0.2, 0.25) is 5.95 Å². The minimum Gasteiger partial charge on any atom is -0.368 e. The van der Waals surface area contributed by atoms with Gasteiger partial charge in [-0.1, -0.05) is 28.1 Å². The van der Waals surface area contributed by atoms with E-state index in [0.29, 0.717) is 12.5 Å². The fourth-order valence-corrected chi connectivity index (χ4v) is 1.65. The zero-order valence-electron chi connectivity index (χ0n) is 7.39. The molecule has 0 amide bonds. The van der Waals surface area contributed by atoms with Crippen LogP contribution in [-0.4, -0.2) is 14.8 Å². The SMILES string of the molecule is Nc1ncnn1Cc1cccc(Br)c1. The lowest BCUT2D eigenvalue weighted by atomic mass is 10.2. The molecule has 5 heteroatoms. The third-order valence-electron chi connectivity index (χ3n) is 1.87. The van der Waals surface area contributed by atoms with E-state index in [4.69, 9.17) is 5.73 Å². The van der Waals surface area contributed by atoms with Crippen molar-refractivity contribution in [2.75, 3.05) is 5.73 Å². The van der Waals surface area contributed by atoms with Crippen LogP contribution in [-0.2, 0) is 6.54 Å². The molecule has 0 spiro atoms. The Kier molecular flexibility index (Phi) is 2.49. The van der Waals surface area contributed by atoms with Crippen molar-refractivity contribution >= 4 is 21.9 Å². The van der Waals surface area contributed by atoms with Crippen molar-refractivity contribution in [2.24, 2.45) is 0 Å². The topological polar surface area (TPSA) is 56.7 Å². The quantitative estimate of drug-likeness (QED) is 0.885. The van der Waals surface area contributed by atoms with Gasteiger partial charge in [-0.2, -0.15) is 5.10 Å². The Hall–Kier alpha value is -1.36. The van der Waals surface area contributed by atoms with E-state index in [1.165, 1.54) is 6.33 Å². The van der Waals surface area contributed by atoms with Crippen LogP contribution in [0.3, 0.4) is 0 Å². The van der Waals surface area contributed by atoms with Gasteiger partial charge in [-0.3, -0.25) is 0 Å². The lowest BCUT2D eigenvalue weighted by molar-refractivity contribution is 0.696. The average Bonchev–Trinajstić information content (AvgIpc) is 2.52. The van der Waals surface area contributed by atoms with Gasteiger partial charge in [0.25, 0.3) is 0 Å². The van der Waals surface area contributed by atoms with Gasteiger partial charge in [-0.25, -0.2) is 9.67 Å². The van der Waals surface area contributed by atoms with Gasteiger partial charge in [0, 0.05) is 4.47 Å². The van der Waals surface area contributed by atoms with Gasteiger partial charge in [0.15, 0.2) is 0 Å². The number of hydrogen-bond acceptors (Lipinski definition) is 3. The average molecular weight is 253 g/mol. The molecule has 0 fully saturated rings. The Labute approximate surface area is 89.9 Å². The molecule has 4 nitrogen and oxygen atoms in total. The number of benzene rings is 1. The minimum absolute atomic E-state index is 0.435. The van der Waals surface area contributed by atoms with E-state index in [2.05, 4.69) is 26.0 Å². The first-order valence-corrected chi connectivity index (χ1v) is 4.93. The summed E-state index contributed by atoms with van der Waals surface area (Å²) in [6.07, 6.45) is 1.45. The highest BCUT2D eigenvalue weighted by Crippen LogP contribution is 2.12. The molecule has 0 atom stereocenters. The van der Waals surface area contributed by atoms with E-state index in [1.54, 1.807) is 4.68 Å². The molecular weight excluding hydrogens is 244 g/mol. The van der Waals surface area contributed by atoms with Crippen LogP contribution in [0.4, 0.5) is 5.95 Å². The first-order valence-electron chi connectivity index (χ1n) is 4.13. The first-order chi connectivity index (χ1) is 6.75. The van der Waals surface area contributed by atoms with Gasteiger partial charge in [-0.15, -0.1) is 0 Å². The molecule has 0 saturated carbocycles. The van der Waals surface area contributed by atoms with Crippen LogP contribution in [0.2, 0.25) is 0 Å². The maximum Gasteiger partial charge on any atom is 0.218 e. The summed E-state index contributed by atoms with van der Waals surface area (Å²) in [6, 6.07) is 8.01. The number of nitrogens with zero attached hydrogens (tertiary/aromatic N) is 3. The van der Waals surface area contributed by atoms with Crippen LogP contribution in [0.1, 0.15) is 5.56 Å². The number of halogens is 1. The van der Waals surface area contributed by atoms with Crippen molar-refractivity contribution in [1.29, 1.82) is 0 Å². The van der Waals surface area contributed by atoms with Crippen molar-refractivity contribution in [3.8, 4) is 0 Å². The summed E-state index contributed by atoms with van der Waals surface area (Å²) in [5.74, 6) is 0.435. The predicted octanol–water partition coefficient (Wildman–Crippen LogP) is 1.67. The van der Waals surface area contributed by atoms with Crippen LogP contribution in [0.5, 0.6) is 0 Å². The molecule has 72 valence electrons. The van der Waals surface area contributed by atoms with E-state index in [0.717, 1.165) is 10.0 Å². The van der Waals surface area contributed by atoms with Gasteiger partial charge < -0.3 is 5.73 Å². The number of rotatable bonds is 2. The van der Waals surface area contributed by atoms with E-state index in [9.17, 15) is 0 Å². The van der Waals surface area contributed by atoms with Gasteiger partial charge in [0.05, 0.1) is 6.54 Å². The highest BCUT2D eigenvalue weighted by atomic mass is 79.9. The Morgan fingerprint density at radius 2 is 2.29 bits per heavy atom. The molecule has 0 radical (unpaired) electrons. The van der Waals surface area contributed by atoms with Crippen molar-refractivity contribution in [2.45, 2.75) is 6.54 Å². The molecule has 2 N–H and O–H groups in total. The molecule has 1 aromatic carbocycles. The highest BCUT2D eigenvalue weighted by molar-refractivity contribution is 9.10. The zero-order chi connectivity index (χ0) is 9.97. The molecule has 14 heavy (non-hydrogen) atoms. The summed E-state index contributed by atoms with van der Waals surface area (Å²) in [4.78, 5) is 3.85. The standard InChI is InChI=1S/C9H9BrN4/c10-8-3-1-2-7(4-8)5-14-9(11)12-6-13-14/h1-4,6H,5H2,(H2,11,12,13). The van der Waals surface area contributed by atoms with Crippen LogP contribution in [0, 0.1) is 0 Å². The molecular formula is C9H9BrN4. The molecule has 0 bridgehead atoms. The Bertz CT molecular complexity index is 438. The summed E-state index contributed by atoms with van der Waals surface area (Å²) in [5.41, 5.74) is 6.74. The summed E-state index contributed by atoms with van der Waals surface area (Å²) in [7, 11) is 0. The monoisotopic (exact) mass is 252 g/mol. The Morgan fingerprint density at radius 1 is 1.43 bits per heavy atom. The maximum atomic E-state index is 5.60. The maximum absolute atomic E-state index is 5.60. The van der Waals surface area contributed by atoms with Gasteiger partial charge in [-0.05, 0) is 17.7 Å². The second-order valence-corrected chi connectivity index (χ2v) is 3.82. The first kappa shape index (κ1) is 9.21. The van der Waals surface area contributed by atoms with Crippen molar-refractivity contribution in [1.82, 2.24) is 14.8 Å². The van der Waals surface area contributed by atoms with Crippen molar-refractivity contribution < 1.29 is 0 Å². The third-order valence-corrected chi connectivity index (χ3v) is 2.36. The molecule has 1 heterocycles. The summed E-state index contributed by atoms with van der Waals surface area (Å²) in [5, 5.41) is 4.01. The molecule has 2 aromatic rings. The molecule has 0 saturated heterocycles. The van der Waals surface area contributed by atoms with Crippen LogP contribution >= 0.6 is 15.9 Å². The highest BCUT2D eigenvalue weighted by Gasteiger charge is 2.00. The summed E-state index contributed by atoms with van der Waals surface area (Å²) in [6.45, 7) is 0.644. The largest absolute Gasteiger partial charge is 0.368 e. The zero-order valence-corrected chi connectivity index (χ0v) is 8.98. The number of nitrogens with two attached hydrogens (primary N) is 1. The molecule has 1 aromatic heterocycles. The van der Waals surface area contributed by atoms with Crippen molar-refractivity contribution in [3.05, 3.63) is 40.6 Å². The lowest BCUT2D eigenvalue weighted by Gasteiger charge is -2.03. The normalized spacial score (nSPS) is 10.4. The smallest absolute Gasteiger partial charge is 0.218 e. The van der Waals surface area contributed by atoms with Crippen LogP contribution in [0.25, 0.3) is 0 Å². The van der Waals surface area contributed by atoms with E-state index < -0.39 is 0 Å². The minimum atomic E-state index is 0.435. The number of nitrogen functional groups attached to an aromatic ring is 1. The molecule has 0 aliphatic rings. The number of hydrogen-bond donors (Lipinski definition) is 1. The van der Waals surface area contributed by atoms with Crippen LogP contribution in [0.15, 0.2) is 35.1 Å². The van der Waals surface area contributed by atoms with Crippen LogP contribution < -0.4 is 5.73 Å². The Morgan fingerprint density at radius 3 is 2.93 bits per heavy atom.